The first kappa shape index (κ1) is 15.3. The van der Waals surface area contributed by atoms with E-state index < -0.39 is 22.4 Å². The zero-order valence-electron chi connectivity index (χ0n) is 10.1. The molecular formula is C11H21NO3S. The lowest BCUT2D eigenvalue weighted by molar-refractivity contribution is -0.137. The number of rotatable bonds is 8. The zero-order chi connectivity index (χ0) is 12.7. The van der Waals surface area contributed by atoms with Crippen molar-refractivity contribution in [2.24, 2.45) is 11.7 Å². The van der Waals surface area contributed by atoms with Crippen molar-refractivity contribution in [1.29, 1.82) is 0 Å². The van der Waals surface area contributed by atoms with E-state index in [4.69, 9.17) is 10.8 Å². The van der Waals surface area contributed by atoms with Crippen molar-refractivity contribution in [2.75, 3.05) is 0 Å². The van der Waals surface area contributed by atoms with E-state index in [-0.39, 0.29) is 5.92 Å². The van der Waals surface area contributed by atoms with Crippen LogP contribution in [0.1, 0.15) is 40.0 Å². The highest BCUT2D eigenvalue weighted by Crippen LogP contribution is 2.28. The van der Waals surface area contributed by atoms with Crippen molar-refractivity contribution >= 4 is 23.6 Å². The molecule has 0 aromatic carbocycles. The number of carbonyl (C=O) groups excluding carboxylic acids is 1. The normalized spacial score (nSPS) is 16.4. The first-order valence-electron chi connectivity index (χ1n) is 5.61. The molecular weight excluding hydrogens is 226 g/mol. The van der Waals surface area contributed by atoms with Gasteiger partial charge in [-0.15, -0.1) is 11.8 Å². The fourth-order valence-electron chi connectivity index (χ4n) is 1.58. The highest BCUT2D eigenvalue weighted by atomic mass is 32.2. The molecule has 0 unspecified atom stereocenters. The lowest BCUT2D eigenvalue weighted by Crippen LogP contribution is -2.32. The average Bonchev–Trinajstić information content (AvgIpc) is 2.18. The Kier molecular flexibility index (Phi) is 7.21. The van der Waals surface area contributed by atoms with Crippen LogP contribution >= 0.6 is 11.8 Å². The van der Waals surface area contributed by atoms with Gasteiger partial charge in [-0.2, -0.15) is 0 Å². The Morgan fingerprint density at radius 1 is 1.38 bits per heavy atom. The van der Waals surface area contributed by atoms with Gasteiger partial charge in [-0.3, -0.25) is 9.59 Å². The van der Waals surface area contributed by atoms with E-state index in [2.05, 4.69) is 0 Å². The van der Waals surface area contributed by atoms with E-state index in [1.54, 1.807) is 0 Å². The minimum Gasteiger partial charge on any atom is -0.480 e. The Hall–Kier alpha value is -0.710. The molecule has 0 heterocycles. The molecule has 0 fully saturated rings. The molecule has 3 N–H and O–H groups in total. The fraction of sp³-hybridized carbons (Fsp3) is 0.818. The van der Waals surface area contributed by atoms with Crippen LogP contribution in [0.5, 0.6) is 0 Å². The number of carboxylic acid groups (broad SMARTS) is 1. The highest BCUT2D eigenvalue weighted by Gasteiger charge is 2.29. The Morgan fingerprint density at radius 2 is 1.94 bits per heavy atom. The van der Waals surface area contributed by atoms with Gasteiger partial charge in [0.15, 0.2) is 0 Å². The van der Waals surface area contributed by atoms with Gasteiger partial charge in [-0.05, 0) is 18.8 Å². The molecule has 1 amide bonds. The standard InChI is InChI=1S/C11H21NO3S/c1-4-6-7(3)9(11(14)15)16-8(5-2)10(12)13/h7-9H,4-6H2,1-3H3,(H2,12,13)(H,14,15)/t7-,8+,9-/m1/s1. The molecule has 4 nitrogen and oxygen atoms in total. The summed E-state index contributed by atoms with van der Waals surface area (Å²) < 4.78 is 0. The number of hydrogen-bond acceptors (Lipinski definition) is 3. The van der Waals surface area contributed by atoms with Crippen LogP contribution in [0.25, 0.3) is 0 Å². The van der Waals surface area contributed by atoms with Crippen LogP contribution < -0.4 is 5.73 Å². The molecule has 0 aromatic heterocycles. The molecule has 0 aliphatic rings. The topological polar surface area (TPSA) is 80.4 Å². The van der Waals surface area contributed by atoms with E-state index in [9.17, 15) is 9.59 Å². The molecule has 5 heteroatoms. The van der Waals surface area contributed by atoms with Crippen molar-refractivity contribution in [3.8, 4) is 0 Å². The summed E-state index contributed by atoms with van der Waals surface area (Å²) in [5.41, 5.74) is 5.22. The molecule has 0 aliphatic carbocycles. The zero-order valence-corrected chi connectivity index (χ0v) is 10.9. The van der Waals surface area contributed by atoms with Crippen LogP contribution in [0.4, 0.5) is 0 Å². The highest BCUT2D eigenvalue weighted by molar-refractivity contribution is 8.01. The SMILES string of the molecule is CCC[C@@H](C)[C@@H](S[C@@H](CC)C(N)=O)C(=O)O. The van der Waals surface area contributed by atoms with Gasteiger partial charge in [-0.25, -0.2) is 0 Å². The number of thioether (sulfide) groups is 1. The third kappa shape index (κ3) is 4.88. The van der Waals surface area contributed by atoms with Crippen molar-refractivity contribution < 1.29 is 14.7 Å². The second-order valence-electron chi connectivity index (χ2n) is 3.96. The largest absolute Gasteiger partial charge is 0.480 e. The number of amides is 1. The summed E-state index contributed by atoms with van der Waals surface area (Å²) >= 11 is 1.18. The molecule has 0 saturated heterocycles. The maximum absolute atomic E-state index is 11.1. The van der Waals surface area contributed by atoms with E-state index in [1.807, 2.05) is 20.8 Å². The van der Waals surface area contributed by atoms with Crippen LogP contribution in [0.2, 0.25) is 0 Å². The van der Waals surface area contributed by atoms with Crippen molar-refractivity contribution in [1.82, 2.24) is 0 Å². The van der Waals surface area contributed by atoms with Gasteiger partial charge >= 0.3 is 5.97 Å². The summed E-state index contributed by atoms with van der Waals surface area (Å²) in [5.74, 6) is -1.23. The average molecular weight is 247 g/mol. The van der Waals surface area contributed by atoms with Gasteiger partial charge in [0.05, 0.1) is 5.25 Å². The summed E-state index contributed by atoms with van der Waals surface area (Å²) in [6.07, 6.45) is 2.36. The maximum Gasteiger partial charge on any atom is 0.316 e. The van der Waals surface area contributed by atoms with Gasteiger partial charge < -0.3 is 10.8 Å². The van der Waals surface area contributed by atoms with E-state index in [1.165, 1.54) is 11.8 Å². The van der Waals surface area contributed by atoms with Crippen molar-refractivity contribution in [3.05, 3.63) is 0 Å². The number of primary amides is 1. The minimum absolute atomic E-state index is 0.0564. The first-order chi connectivity index (χ1) is 7.43. The van der Waals surface area contributed by atoms with Crippen LogP contribution in [0.3, 0.4) is 0 Å². The fourth-order valence-corrected chi connectivity index (χ4v) is 2.79. The third-order valence-electron chi connectivity index (χ3n) is 2.50. The smallest absolute Gasteiger partial charge is 0.316 e. The molecule has 0 spiro atoms. The number of carbonyl (C=O) groups is 2. The van der Waals surface area contributed by atoms with E-state index in [0.29, 0.717) is 6.42 Å². The first-order valence-corrected chi connectivity index (χ1v) is 6.55. The molecule has 94 valence electrons. The predicted molar refractivity (Wildman–Crippen MR) is 66.4 cm³/mol. The lowest BCUT2D eigenvalue weighted by Gasteiger charge is -2.22. The number of nitrogens with two attached hydrogens (primary N) is 1. The van der Waals surface area contributed by atoms with Gasteiger partial charge in [0.25, 0.3) is 0 Å². The van der Waals surface area contributed by atoms with Crippen LogP contribution in [0, 0.1) is 5.92 Å². The molecule has 0 bridgehead atoms. The van der Waals surface area contributed by atoms with Gasteiger partial charge in [0, 0.05) is 0 Å². The molecule has 0 saturated carbocycles. The summed E-state index contributed by atoms with van der Waals surface area (Å²) in [7, 11) is 0. The quantitative estimate of drug-likeness (QED) is 0.686. The van der Waals surface area contributed by atoms with Crippen molar-refractivity contribution in [2.45, 2.75) is 50.5 Å². The molecule has 0 aromatic rings. The number of carboxylic acids is 1. The Morgan fingerprint density at radius 3 is 2.25 bits per heavy atom. The summed E-state index contributed by atoms with van der Waals surface area (Å²) in [6, 6.07) is 0. The number of aliphatic carboxylic acids is 1. The molecule has 3 atom stereocenters. The second-order valence-corrected chi connectivity index (χ2v) is 5.31. The maximum atomic E-state index is 11.1. The Labute approximate surface area is 101 Å². The van der Waals surface area contributed by atoms with Gasteiger partial charge in [0.2, 0.25) is 5.91 Å². The van der Waals surface area contributed by atoms with Crippen LogP contribution in [-0.2, 0) is 9.59 Å². The minimum atomic E-state index is -0.856. The van der Waals surface area contributed by atoms with E-state index >= 15 is 0 Å². The summed E-state index contributed by atoms with van der Waals surface area (Å²) in [5, 5.41) is 8.18. The second kappa shape index (κ2) is 7.54. The van der Waals surface area contributed by atoms with Gasteiger partial charge in [-0.1, -0.05) is 27.2 Å². The van der Waals surface area contributed by atoms with Crippen molar-refractivity contribution in [3.63, 3.8) is 0 Å². The Bertz CT molecular complexity index is 245. The van der Waals surface area contributed by atoms with Crippen LogP contribution in [0.15, 0.2) is 0 Å². The molecule has 0 radical (unpaired) electrons. The monoisotopic (exact) mass is 247 g/mol. The summed E-state index contributed by atoms with van der Waals surface area (Å²) in [4.78, 5) is 22.2. The summed E-state index contributed by atoms with van der Waals surface area (Å²) in [6.45, 7) is 5.76. The molecule has 0 aliphatic heterocycles. The number of hydrogen-bond donors (Lipinski definition) is 2. The Balaban J connectivity index is 4.54. The molecule has 16 heavy (non-hydrogen) atoms. The lowest BCUT2D eigenvalue weighted by atomic mass is 10.0. The van der Waals surface area contributed by atoms with Gasteiger partial charge in [0.1, 0.15) is 5.25 Å². The predicted octanol–water partition coefficient (Wildman–Crippen LogP) is 1.87. The van der Waals surface area contributed by atoms with E-state index in [0.717, 1.165) is 12.8 Å². The van der Waals surface area contributed by atoms with Crippen LogP contribution in [-0.4, -0.2) is 27.5 Å². The third-order valence-corrected chi connectivity index (χ3v) is 4.36. The molecule has 0 rings (SSSR count).